The lowest BCUT2D eigenvalue weighted by Crippen LogP contribution is -2.51. The molecular weight excluding hydrogens is 254 g/mol. The van der Waals surface area contributed by atoms with Crippen LogP contribution in [0.3, 0.4) is 0 Å². The molecule has 6 nitrogen and oxygen atoms in total. The summed E-state index contributed by atoms with van der Waals surface area (Å²) in [5.41, 5.74) is 0. The molecule has 2 aliphatic heterocycles. The van der Waals surface area contributed by atoms with Crippen LogP contribution in [0.25, 0.3) is 0 Å². The van der Waals surface area contributed by atoms with Gasteiger partial charge in [-0.05, 0) is 12.8 Å². The van der Waals surface area contributed by atoms with E-state index >= 15 is 0 Å². The van der Waals surface area contributed by atoms with Crippen molar-refractivity contribution in [3.05, 3.63) is 0 Å². The van der Waals surface area contributed by atoms with Crippen LogP contribution in [0.15, 0.2) is 0 Å². The molecule has 0 spiro atoms. The molecule has 104 valence electrons. The predicted molar refractivity (Wildman–Crippen MR) is 68.7 cm³/mol. The van der Waals surface area contributed by atoms with Crippen LogP contribution < -0.4 is 0 Å². The summed E-state index contributed by atoms with van der Waals surface area (Å²) in [4.78, 5) is 15.9. The minimum atomic E-state index is -3.08. The van der Waals surface area contributed by atoms with E-state index in [1.165, 1.54) is 10.6 Å². The van der Waals surface area contributed by atoms with Gasteiger partial charge in [-0.3, -0.25) is 9.69 Å². The SMILES string of the molecule is CS(=O)(=O)N1CCN(CC(=O)N2CCCC2)CC1. The fourth-order valence-corrected chi connectivity index (χ4v) is 3.30. The zero-order chi connectivity index (χ0) is 13.2. The highest BCUT2D eigenvalue weighted by atomic mass is 32.2. The van der Waals surface area contributed by atoms with Gasteiger partial charge in [0.15, 0.2) is 0 Å². The Balaban J connectivity index is 1.78. The molecule has 1 amide bonds. The summed E-state index contributed by atoms with van der Waals surface area (Å²) in [6.07, 6.45) is 3.44. The lowest BCUT2D eigenvalue weighted by Gasteiger charge is -2.33. The Labute approximate surface area is 109 Å². The van der Waals surface area contributed by atoms with E-state index in [0.717, 1.165) is 25.9 Å². The van der Waals surface area contributed by atoms with Gasteiger partial charge in [0.1, 0.15) is 0 Å². The fourth-order valence-electron chi connectivity index (χ4n) is 2.48. The number of piperazine rings is 1. The van der Waals surface area contributed by atoms with Crippen LogP contribution in [0.5, 0.6) is 0 Å². The second-order valence-corrected chi connectivity index (χ2v) is 7.01. The molecule has 0 radical (unpaired) electrons. The fraction of sp³-hybridized carbons (Fsp3) is 0.909. The molecule has 2 saturated heterocycles. The van der Waals surface area contributed by atoms with E-state index < -0.39 is 10.0 Å². The average Bonchev–Trinajstić information content (AvgIpc) is 2.82. The number of rotatable bonds is 3. The van der Waals surface area contributed by atoms with Crippen molar-refractivity contribution in [2.45, 2.75) is 12.8 Å². The van der Waals surface area contributed by atoms with Gasteiger partial charge in [-0.1, -0.05) is 0 Å². The van der Waals surface area contributed by atoms with Crippen LogP contribution in [0.4, 0.5) is 0 Å². The van der Waals surface area contributed by atoms with Crippen molar-refractivity contribution in [2.24, 2.45) is 0 Å². The number of carbonyl (C=O) groups excluding carboxylic acids is 1. The van der Waals surface area contributed by atoms with Gasteiger partial charge in [0.2, 0.25) is 15.9 Å². The van der Waals surface area contributed by atoms with Gasteiger partial charge in [0.05, 0.1) is 12.8 Å². The van der Waals surface area contributed by atoms with Crippen LogP contribution in [0, 0.1) is 0 Å². The lowest BCUT2D eigenvalue weighted by atomic mass is 10.3. The number of amides is 1. The van der Waals surface area contributed by atoms with Crippen molar-refractivity contribution in [1.29, 1.82) is 0 Å². The zero-order valence-corrected chi connectivity index (χ0v) is 11.7. The maximum absolute atomic E-state index is 11.9. The van der Waals surface area contributed by atoms with Crippen LogP contribution in [0.2, 0.25) is 0 Å². The summed E-state index contributed by atoms with van der Waals surface area (Å²) in [6, 6.07) is 0. The van der Waals surface area contributed by atoms with Gasteiger partial charge >= 0.3 is 0 Å². The molecule has 2 heterocycles. The van der Waals surface area contributed by atoms with E-state index in [1.54, 1.807) is 0 Å². The second kappa shape index (κ2) is 5.54. The summed E-state index contributed by atoms with van der Waals surface area (Å²) in [6.45, 7) is 4.46. The van der Waals surface area contributed by atoms with Crippen molar-refractivity contribution in [1.82, 2.24) is 14.1 Å². The van der Waals surface area contributed by atoms with Crippen LogP contribution in [-0.4, -0.2) is 80.5 Å². The lowest BCUT2D eigenvalue weighted by molar-refractivity contribution is -0.131. The summed E-state index contributed by atoms with van der Waals surface area (Å²) in [5.74, 6) is 0.181. The number of sulfonamides is 1. The molecule has 2 rings (SSSR count). The summed E-state index contributed by atoms with van der Waals surface area (Å²) < 4.78 is 24.2. The minimum Gasteiger partial charge on any atom is -0.342 e. The number of hydrogen-bond acceptors (Lipinski definition) is 4. The standard InChI is InChI=1S/C11H21N3O3S/c1-18(16,17)14-8-6-12(7-9-14)10-11(15)13-4-2-3-5-13/h2-10H2,1H3. The molecule has 7 heteroatoms. The Hall–Kier alpha value is -0.660. The minimum absolute atomic E-state index is 0.181. The van der Waals surface area contributed by atoms with Crippen molar-refractivity contribution >= 4 is 15.9 Å². The summed E-state index contributed by atoms with van der Waals surface area (Å²) in [5, 5.41) is 0. The average molecular weight is 275 g/mol. The first-order valence-electron chi connectivity index (χ1n) is 6.42. The molecule has 2 aliphatic rings. The van der Waals surface area contributed by atoms with Gasteiger partial charge in [-0.25, -0.2) is 8.42 Å². The summed E-state index contributed by atoms with van der Waals surface area (Å²) >= 11 is 0. The van der Waals surface area contributed by atoms with Crippen LogP contribution >= 0.6 is 0 Å². The van der Waals surface area contributed by atoms with Gasteiger partial charge < -0.3 is 4.90 Å². The normalized spacial score (nSPS) is 23.5. The van der Waals surface area contributed by atoms with Gasteiger partial charge in [-0.2, -0.15) is 4.31 Å². The Morgan fingerprint density at radius 3 is 2.06 bits per heavy atom. The summed E-state index contributed by atoms with van der Waals surface area (Å²) in [7, 11) is -3.08. The smallest absolute Gasteiger partial charge is 0.236 e. The predicted octanol–water partition coefficient (Wildman–Crippen LogP) is -0.814. The van der Waals surface area contributed by atoms with Gasteiger partial charge in [-0.15, -0.1) is 0 Å². The zero-order valence-electron chi connectivity index (χ0n) is 10.8. The molecule has 0 aromatic rings. The van der Waals surface area contributed by atoms with Crippen molar-refractivity contribution < 1.29 is 13.2 Å². The third-order valence-electron chi connectivity index (χ3n) is 3.62. The Morgan fingerprint density at radius 1 is 1.00 bits per heavy atom. The number of likely N-dealkylation sites (tertiary alicyclic amines) is 1. The quantitative estimate of drug-likeness (QED) is 0.675. The van der Waals surface area contributed by atoms with Crippen molar-refractivity contribution in [2.75, 3.05) is 52.1 Å². The van der Waals surface area contributed by atoms with E-state index in [9.17, 15) is 13.2 Å². The van der Waals surface area contributed by atoms with Gasteiger partial charge in [0.25, 0.3) is 0 Å². The molecule has 0 N–H and O–H groups in total. The van der Waals surface area contributed by atoms with Gasteiger partial charge in [0, 0.05) is 39.3 Å². The molecule has 18 heavy (non-hydrogen) atoms. The largest absolute Gasteiger partial charge is 0.342 e. The Morgan fingerprint density at radius 2 is 1.56 bits per heavy atom. The highest BCUT2D eigenvalue weighted by Crippen LogP contribution is 2.10. The molecule has 0 atom stereocenters. The molecule has 2 fully saturated rings. The molecular formula is C11H21N3O3S. The third kappa shape index (κ3) is 3.43. The van der Waals surface area contributed by atoms with E-state index in [1.807, 2.05) is 9.80 Å². The molecule has 0 unspecified atom stereocenters. The van der Waals surface area contributed by atoms with E-state index in [4.69, 9.17) is 0 Å². The third-order valence-corrected chi connectivity index (χ3v) is 4.92. The van der Waals surface area contributed by atoms with E-state index in [0.29, 0.717) is 32.7 Å². The van der Waals surface area contributed by atoms with Crippen LogP contribution in [0.1, 0.15) is 12.8 Å². The van der Waals surface area contributed by atoms with E-state index in [-0.39, 0.29) is 5.91 Å². The van der Waals surface area contributed by atoms with E-state index in [2.05, 4.69) is 0 Å². The first kappa shape index (κ1) is 13.8. The Bertz CT molecular complexity index is 396. The monoisotopic (exact) mass is 275 g/mol. The molecule has 0 saturated carbocycles. The number of carbonyl (C=O) groups is 1. The first-order valence-corrected chi connectivity index (χ1v) is 8.27. The van der Waals surface area contributed by atoms with Crippen molar-refractivity contribution in [3.63, 3.8) is 0 Å². The molecule has 0 aromatic carbocycles. The Kier molecular flexibility index (Phi) is 4.24. The highest BCUT2D eigenvalue weighted by molar-refractivity contribution is 7.88. The first-order chi connectivity index (χ1) is 8.47. The maximum Gasteiger partial charge on any atom is 0.236 e. The topological polar surface area (TPSA) is 60.9 Å². The second-order valence-electron chi connectivity index (χ2n) is 5.03. The molecule has 0 bridgehead atoms. The van der Waals surface area contributed by atoms with Crippen LogP contribution in [-0.2, 0) is 14.8 Å². The number of nitrogens with zero attached hydrogens (tertiary/aromatic N) is 3. The molecule has 0 aliphatic carbocycles. The number of hydrogen-bond donors (Lipinski definition) is 0. The van der Waals surface area contributed by atoms with Crippen molar-refractivity contribution in [3.8, 4) is 0 Å². The highest BCUT2D eigenvalue weighted by Gasteiger charge is 2.26. The molecule has 0 aromatic heterocycles. The maximum atomic E-state index is 11.9.